The fourth-order valence-corrected chi connectivity index (χ4v) is 2.18. The van der Waals surface area contributed by atoms with Crippen molar-refractivity contribution in [1.82, 2.24) is 20.1 Å². The largest absolute Gasteiger partial charge is 0.382 e. The summed E-state index contributed by atoms with van der Waals surface area (Å²) in [7, 11) is 1.86. The van der Waals surface area contributed by atoms with Crippen LogP contribution in [-0.2, 0) is 6.54 Å². The Balaban J connectivity index is 2.34. The standard InChI is InChI=1S/C8H12N4S/c1-5-3-12-4-10-11-7(12)6(5)8(13)9-2/h4-6H,3H2,1-2H3,(H,9,13). The van der Waals surface area contributed by atoms with E-state index in [1.165, 1.54) is 0 Å². The Morgan fingerprint density at radius 1 is 1.77 bits per heavy atom. The molecule has 0 aliphatic carbocycles. The van der Waals surface area contributed by atoms with Crippen LogP contribution in [0.5, 0.6) is 0 Å². The molecule has 0 aromatic carbocycles. The van der Waals surface area contributed by atoms with Gasteiger partial charge in [-0.25, -0.2) is 0 Å². The number of thiocarbonyl (C=S) groups is 1. The van der Waals surface area contributed by atoms with Gasteiger partial charge in [0.05, 0.1) is 10.9 Å². The summed E-state index contributed by atoms with van der Waals surface area (Å²) in [6.07, 6.45) is 1.77. The SMILES string of the molecule is CNC(=S)C1c2nncn2CC1C. The monoisotopic (exact) mass is 196 g/mol. The van der Waals surface area contributed by atoms with E-state index < -0.39 is 0 Å². The molecule has 2 rings (SSSR count). The molecule has 0 saturated carbocycles. The first kappa shape index (κ1) is 8.62. The van der Waals surface area contributed by atoms with Crippen molar-refractivity contribution >= 4 is 17.2 Å². The lowest BCUT2D eigenvalue weighted by atomic mass is 9.97. The molecule has 4 nitrogen and oxygen atoms in total. The van der Waals surface area contributed by atoms with Crippen LogP contribution in [0.4, 0.5) is 0 Å². The Bertz CT molecular complexity index is 333. The van der Waals surface area contributed by atoms with E-state index in [1.807, 2.05) is 7.05 Å². The minimum Gasteiger partial charge on any atom is -0.382 e. The molecular weight excluding hydrogens is 184 g/mol. The van der Waals surface area contributed by atoms with Gasteiger partial charge in [0.1, 0.15) is 12.2 Å². The second-order valence-electron chi connectivity index (χ2n) is 3.41. The molecule has 1 aliphatic rings. The highest BCUT2D eigenvalue weighted by molar-refractivity contribution is 7.80. The van der Waals surface area contributed by atoms with Crippen LogP contribution in [0.3, 0.4) is 0 Å². The molecule has 13 heavy (non-hydrogen) atoms. The lowest BCUT2D eigenvalue weighted by molar-refractivity contribution is 0.533. The Labute approximate surface area is 82.4 Å². The third kappa shape index (κ3) is 1.23. The fourth-order valence-electron chi connectivity index (χ4n) is 1.85. The Morgan fingerprint density at radius 2 is 2.54 bits per heavy atom. The number of hydrogen-bond donors (Lipinski definition) is 1. The summed E-state index contributed by atoms with van der Waals surface area (Å²) < 4.78 is 2.07. The Morgan fingerprint density at radius 3 is 3.23 bits per heavy atom. The van der Waals surface area contributed by atoms with E-state index >= 15 is 0 Å². The average molecular weight is 196 g/mol. The molecule has 0 spiro atoms. The van der Waals surface area contributed by atoms with Gasteiger partial charge in [-0.3, -0.25) is 0 Å². The summed E-state index contributed by atoms with van der Waals surface area (Å²) in [5.41, 5.74) is 0. The fraction of sp³-hybridized carbons (Fsp3) is 0.625. The Hall–Kier alpha value is -0.970. The first-order valence-corrected chi connectivity index (χ1v) is 4.74. The van der Waals surface area contributed by atoms with Crippen LogP contribution < -0.4 is 5.32 Å². The number of aromatic nitrogens is 3. The highest BCUT2D eigenvalue weighted by Gasteiger charge is 2.33. The molecule has 1 N–H and O–H groups in total. The number of rotatable bonds is 1. The van der Waals surface area contributed by atoms with E-state index in [-0.39, 0.29) is 5.92 Å². The van der Waals surface area contributed by atoms with Crippen molar-refractivity contribution in [2.45, 2.75) is 19.4 Å². The smallest absolute Gasteiger partial charge is 0.143 e. The maximum atomic E-state index is 5.24. The average Bonchev–Trinajstić information content (AvgIpc) is 2.62. The van der Waals surface area contributed by atoms with Crippen molar-refractivity contribution in [1.29, 1.82) is 0 Å². The number of nitrogens with one attached hydrogen (secondary N) is 1. The summed E-state index contributed by atoms with van der Waals surface area (Å²) in [5.74, 6) is 1.75. The number of nitrogens with zero attached hydrogens (tertiary/aromatic N) is 3. The topological polar surface area (TPSA) is 42.7 Å². The van der Waals surface area contributed by atoms with Crippen LogP contribution in [0.2, 0.25) is 0 Å². The number of hydrogen-bond acceptors (Lipinski definition) is 3. The predicted molar refractivity (Wildman–Crippen MR) is 53.6 cm³/mol. The van der Waals surface area contributed by atoms with Crippen molar-refractivity contribution in [3.63, 3.8) is 0 Å². The lowest BCUT2D eigenvalue weighted by Gasteiger charge is -2.14. The molecule has 2 heterocycles. The molecule has 1 aliphatic heterocycles. The first-order chi connectivity index (χ1) is 6.24. The van der Waals surface area contributed by atoms with Crippen molar-refractivity contribution in [3.05, 3.63) is 12.2 Å². The summed E-state index contributed by atoms with van der Waals surface area (Å²) in [5, 5.41) is 11.0. The van der Waals surface area contributed by atoms with Crippen molar-refractivity contribution < 1.29 is 0 Å². The summed E-state index contributed by atoms with van der Waals surface area (Å²) in [6.45, 7) is 3.15. The van der Waals surface area contributed by atoms with Gasteiger partial charge in [0.15, 0.2) is 0 Å². The molecule has 2 atom stereocenters. The van der Waals surface area contributed by atoms with Crippen LogP contribution in [0.25, 0.3) is 0 Å². The van der Waals surface area contributed by atoms with Crippen LogP contribution >= 0.6 is 12.2 Å². The van der Waals surface area contributed by atoms with E-state index in [2.05, 4.69) is 27.0 Å². The third-order valence-electron chi connectivity index (χ3n) is 2.51. The van der Waals surface area contributed by atoms with Gasteiger partial charge >= 0.3 is 0 Å². The zero-order chi connectivity index (χ0) is 9.42. The molecule has 1 aromatic rings. The molecule has 1 aromatic heterocycles. The van der Waals surface area contributed by atoms with Crippen LogP contribution in [0.1, 0.15) is 18.7 Å². The van der Waals surface area contributed by atoms with Gasteiger partial charge in [-0.05, 0) is 5.92 Å². The molecule has 5 heteroatoms. The number of likely N-dealkylation sites (N-methyl/N-ethyl adjacent to an activating group) is 1. The third-order valence-corrected chi connectivity index (χ3v) is 2.96. The van der Waals surface area contributed by atoms with Crippen LogP contribution in [0, 0.1) is 5.92 Å². The minimum atomic E-state index is 0.238. The van der Waals surface area contributed by atoms with E-state index in [0.29, 0.717) is 5.92 Å². The maximum absolute atomic E-state index is 5.24. The van der Waals surface area contributed by atoms with E-state index in [9.17, 15) is 0 Å². The van der Waals surface area contributed by atoms with Crippen LogP contribution in [-0.4, -0.2) is 26.8 Å². The van der Waals surface area contributed by atoms with Crippen LogP contribution in [0.15, 0.2) is 6.33 Å². The van der Waals surface area contributed by atoms with Gasteiger partial charge in [0, 0.05) is 13.6 Å². The highest BCUT2D eigenvalue weighted by atomic mass is 32.1. The quantitative estimate of drug-likeness (QED) is 0.666. The van der Waals surface area contributed by atoms with E-state index in [0.717, 1.165) is 17.4 Å². The molecular formula is C8H12N4S. The molecule has 0 bridgehead atoms. The second kappa shape index (κ2) is 3.06. The zero-order valence-electron chi connectivity index (χ0n) is 7.69. The summed E-state index contributed by atoms with van der Waals surface area (Å²) in [6, 6.07) is 0. The molecule has 70 valence electrons. The summed E-state index contributed by atoms with van der Waals surface area (Å²) in [4.78, 5) is 0.860. The van der Waals surface area contributed by atoms with Gasteiger partial charge in [-0.2, -0.15) is 0 Å². The van der Waals surface area contributed by atoms with Gasteiger partial charge in [0.2, 0.25) is 0 Å². The van der Waals surface area contributed by atoms with E-state index in [1.54, 1.807) is 6.33 Å². The lowest BCUT2D eigenvalue weighted by Crippen LogP contribution is -2.26. The molecule has 0 saturated heterocycles. The predicted octanol–water partition coefficient (Wildman–Crippen LogP) is 0.558. The highest BCUT2D eigenvalue weighted by Crippen LogP contribution is 2.31. The van der Waals surface area contributed by atoms with Crippen molar-refractivity contribution in [3.8, 4) is 0 Å². The van der Waals surface area contributed by atoms with Crippen molar-refractivity contribution in [2.24, 2.45) is 5.92 Å². The van der Waals surface area contributed by atoms with Gasteiger partial charge < -0.3 is 9.88 Å². The maximum Gasteiger partial charge on any atom is 0.143 e. The van der Waals surface area contributed by atoms with E-state index in [4.69, 9.17) is 12.2 Å². The molecule has 0 fully saturated rings. The molecule has 0 amide bonds. The zero-order valence-corrected chi connectivity index (χ0v) is 8.51. The van der Waals surface area contributed by atoms with Crippen molar-refractivity contribution in [2.75, 3.05) is 7.05 Å². The second-order valence-corrected chi connectivity index (χ2v) is 3.85. The summed E-state index contributed by atoms with van der Waals surface area (Å²) >= 11 is 5.24. The molecule has 0 radical (unpaired) electrons. The molecule has 2 unspecified atom stereocenters. The number of fused-ring (bicyclic) bond motifs is 1. The normalized spacial score (nSPS) is 25.7. The Kier molecular flexibility index (Phi) is 2.03. The first-order valence-electron chi connectivity index (χ1n) is 4.33. The van der Waals surface area contributed by atoms with Gasteiger partial charge in [-0.15, -0.1) is 10.2 Å². The van der Waals surface area contributed by atoms with Gasteiger partial charge in [-0.1, -0.05) is 19.1 Å². The van der Waals surface area contributed by atoms with Gasteiger partial charge in [0.25, 0.3) is 0 Å². The minimum absolute atomic E-state index is 0.238.